The van der Waals surface area contributed by atoms with Gasteiger partial charge >= 0.3 is 12.4 Å². The number of hydrogen-bond acceptors (Lipinski definition) is 7. The molecule has 4 aromatic carbocycles. The van der Waals surface area contributed by atoms with E-state index in [0.717, 1.165) is 10.9 Å². The number of hydrogen-bond donors (Lipinski definition) is 2. The molecular weight excluding hydrogens is 626 g/mol. The molecule has 0 saturated heterocycles. The summed E-state index contributed by atoms with van der Waals surface area (Å²) < 4.78 is 86.4. The first kappa shape index (κ1) is 31.3. The summed E-state index contributed by atoms with van der Waals surface area (Å²) >= 11 is 0. The van der Waals surface area contributed by atoms with Gasteiger partial charge in [0, 0.05) is 22.7 Å². The van der Waals surface area contributed by atoms with Crippen molar-refractivity contribution in [3.05, 3.63) is 134 Å². The molecule has 0 aliphatic heterocycles. The maximum Gasteiger partial charge on any atom is 0.416 e. The molecule has 1 atom stereocenters. The number of methoxy groups -OCH3 is 1. The van der Waals surface area contributed by atoms with Crippen LogP contribution in [0.15, 0.2) is 95.2 Å². The molecule has 7 nitrogen and oxygen atoms in total. The molecule has 2 aromatic heterocycles. The van der Waals surface area contributed by atoms with Crippen molar-refractivity contribution in [1.29, 1.82) is 0 Å². The highest BCUT2D eigenvalue weighted by atomic mass is 19.4. The van der Waals surface area contributed by atoms with Gasteiger partial charge in [0.2, 0.25) is 0 Å². The van der Waals surface area contributed by atoms with Gasteiger partial charge in [0.05, 0.1) is 41.0 Å². The number of pyridine rings is 2. The molecule has 0 radical (unpaired) electrons. The van der Waals surface area contributed by atoms with Crippen LogP contribution in [0.2, 0.25) is 0 Å². The second-order valence-corrected chi connectivity index (χ2v) is 10.5. The van der Waals surface area contributed by atoms with Crippen molar-refractivity contribution >= 4 is 44.9 Å². The zero-order chi connectivity index (χ0) is 33.7. The predicted octanol–water partition coefficient (Wildman–Crippen LogP) is 8.01. The number of rotatable bonds is 8. The third-order valence-corrected chi connectivity index (χ3v) is 7.65. The first-order valence-electron chi connectivity index (χ1n) is 13.9. The topological polar surface area (TPSA) is 93.2 Å². The van der Waals surface area contributed by atoms with Gasteiger partial charge in [-0.1, -0.05) is 30.9 Å². The summed E-state index contributed by atoms with van der Waals surface area (Å²) in [7, 11) is 1.48. The monoisotopic (exact) mass is 648 g/mol. The van der Waals surface area contributed by atoms with E-state index >= 15 is 0 Å². The lowest BCUT2D eigenvalue weighted by molar-refractivity contribution is -0.143. The number of alkyl halides is 6. The number of aromatic nitrogens is 2. The van der Waals surface area contributed by atoms with Gasteiger partial charge < -0.3 is 15.4 Å². The molecule has 13 heteroatoms. The Balaban J connectivity index is 1.49. The van der Waals surface area contributed by atoms with Crippen LogP contribution in [0.4, 0.5) is 43.4 Å². The Morgan fingerprint density at radius 2 is 1.51 bits per heavy atom. The Kier molecular flexibility index (Phi) is 7.70. The number of nitrogens with zero attached hydrogens (tertiary/aromatic N) is 2. The maximum atomic E-state index is 13.5. The summed E-state index contributed by atoms with van der Waals surface area (Å²) in [5, 5.41) is 6.70. The minimum atomic E-state index is -5.12. The van der Waals surface area contributed by atoms with Crippen molar-refractivity contribution in [3.63, 3.8) is 0 Å². The highest BCUT2D eigenvalue weighted by Crippen LogP contribution is 2.39. The minimum Gasteiger partial charge on any atom is -0.497 e. The Hall–Kier alpha value is -5.72. The van der Waals surface area contributed by atoms with E-state index in [1.165, 1.54) is 13.3 Å². The van der Waals surface area contributed by atoms with Gasteiger partial charge in [-0.2, -0.15) is 26.3 Å². The number of ether oxygens (including phenoxy) is 1. The average Bonchev–Trinajstić information content (AvgIpc) is 3.05. The van der Waals surface area contributed by atoms with E-state index in [1.807, 2.05) is 6.07 Å². The number of nitrogens with one attached hydrogen (secondary N) is 2. The third kappa shape index (κ3) is 5.87. The van der Waals surface area contributed by atoms with Crippen molar-refractivity contribution in [3.8, 4) is 5.75 Å². The molecule has 0 amide bonds. The van der Waals surface area contributed by atoms with E-state index in [2.05, 4.69) is 22.2 Å². The third-order valence-electron chi connectivity index (χ3n) is 7.65. The lowest BCUT2D eigenvalue weighted by atomic mass is 9.96. The molecule has 0 saturated carbocycles. The van der Waals surface area contributed by atoms with E-state index < -0.39 is 51.8 Å². The van der Waals surface area contributed by atoms with Crippen LogP contribution in [0, 0.1) is 0 Å². The molecule has 0 fully saturated rings. The summed E-state index contributed by atoms with van der Waals surface area (Å²) in [6.07, 6.45) is -7.04. The van der Waals surface area contributed by atoms with Crippen LogP contribution >= 0.6 is 0 Å². The van der Waals surface area contributed by atoms with E-state index in [0.29, 0.717) is 45.6 Å². The fourth-order valence-corrected chi connectivity index (χ4v) is 5.33. The second kappa shape index (κ2) is 11.6. The molecule has 2 heterocycles. The van der Waals surface area contributed by atoms with Gasteiger partial charge in [-0.25, -0.2) is 0 Å². The summed E-state index contributed by atoms with van der Waals surface area (Å²) in [4.78, 5) is 34.9. The van der Waals surface area contributed by atoms with Gasteiger partial charge in [0.1, 0.15) is 17.1 Å². The number of benzene rings is 3. The summed E-state index contributed by atoms with van der Waals surface area (Å²) in [5.41, 5.74) is -3.98. The maximum absolute atomic E-state index is 13.5. The normalized spacial score (nSPS) is 12.7. The molecule has 0 unspecified atom stereocenters. The minimum absolute atomic E-state index is 0.0332. The van der Waals surface area contributed by atoms with Crippen LogP contribution in [0.25, 0.3) is 27.9 Å². The standard InChI is InChI=1S/C34H22F6N4O3/c1-3-17-5-4-6-26-22(17)8-10-27(43-26)28(23-11-12-41-25-9-7-21(47-2)16-24(23)25)44-30-29(31(45)32(30)46)42-20-14-18(33(35,36)37)13-19(15-20)34(38,39)40/h3-16,28,42,44H,1H2,2H3/t28-/m0/s1. The number of halogens is 6. The lowest BCUT2D eigenvalue weighted by Gasteiger charge is -2.24. The van der Waals surface area contributed by atoms with Crippen molar-refractivity contribution in [1.82, 2.24) is 9.97 Å². The SMILES string of the molecule is C=Cc1cccc2nc([C@@H](Nc3c(Nc4cc(C(F)(F)F)cc(C(F)(F)F)c4)c(=O)c3=O)c3ccnc4ccc(OC)cc34)ccc12. The molecule has 238 valence electrons. The average molecular weight is 649 g/mol. The molecule has 0 spiro atoms. The van der Waals surface area contributed by atoms with Crippen molar-refractivity contribution in [2.45, 2.75) is 18.4 Å². The second-order valence-electron chi connectivity index (χ2n) is 10.5. The van der Waals surface area contributed by atoms with E-state index in [4.69, 9.17) is 9.72 Å². The Morgan fingerprint density at radius 3 is 2.17 bits per heavy atom. The molecule has 0 bridgehead atoms. The largest absolute Gasteiger partial charge is 0.497 e. The van der Waals surface area contributed by atoms with E-state index in [9.17, 15) is 35.9 Å². The Labute approximate surface area is 261 Å². The quantitative estimate of drug-likeness (QED) is 0.128. The van der Waals surface area contributed by atoms with Gasteiger partial charge in [0.25, 0.3) is 10.9 Å². The van der Waals surface area contributed by atoms with E-state index in [1.54, 1.807) is 54.6 Å². The molecule has 0 aliphatic carbocycles. The molecule has 6 rings (SSSR count). The number of fused-ring (bicyclic) bond motifs is 2. The van der Waals surface area contributed by atoms with Gasteiger partial charge in [-0.05, 0) is 65.7 Å². The smallest absolute Gasteiger partial charge is 0.416 e. The first-order valence-corrected chi connectivity index (χ1v) is 13.9. The van der Waals surface area contributed by atoms with Crippen molar-refractivity contribution in [2.75, 3.05) is 17.7 Å². The van der Waals surface area contributed by atoms with Crippen molar-refractivity contribution in [2.24, 2.45) is 0 Å². The highest BCUT2D eigenvalue weighted by molar-refractivity contribution is 5.89. The first-order chi connectivity index (χ1) is 22.3. The van der Waals surface area contributed by atoms with Gasteiger partial charge in [0.15, 0.2) is 0 Å². The fourth-order valence-electron chi connectivity index (χ4n) is 5.33. The van der Waals surface area contributed by atoms with Crippen LogP contribution in [0.1, 0.15) is 34.0 Å². The molecular formula is C34H22F6N4O3. The molecule has 6 aromatic rings. The van der Waals surface area contributed by atoms with Crippen LogP contribution in [-0.2, 0) is 12.4 Å². The van der Waals surface area contributed by atoms with Gasteiger partial charge in [-0.15, -0.1) is 0 Å². The van der Waals surface area contributed by atoms with Crippen molar-refractivity contribution < 1.29 is 31.1 Å². The number of anilines is 3. The predicted molar refractivity (Wildman–Crippen MR) is 167 cm³/mol. The van der Waals surface area contributed by atoms with E-state index in [-0.39, 0.29) is 11.8 Å². The van der Waals surface area contributed by atoms with Crippen LogP contribution in [0.3, 0.4) is 0 Å². The van der Waals surface area contributed by atoms with Crippen LogP contribution in [-0.4, -0.2) is 17.1 Å². The molecule has 0 aliphatic rings. The fraction of sp³-hybridized carbons (Fsp3) is 0.118. The summed E-state index contributed by atoms with van der Waals surface area (Å²) in [6.45, 7) is 3.82. The molecule has 47 heavy (non-hydrogen) atoms. The zero-order valence-electron chi connectivity index (χ0n) is 24.3. The lowest BCUT2D eigenvalue weighted by Crippen LogP contribution is -2.37. The summed E-state index contributed by atoms with van der Waals surface area (Å²) in [6, 6.07) is 15.6. The van der Waals surface area contributed by atoms with Crippen LogP contribution in [0.5, 0.6) is 5.75 Å². The summed E-state index contributed by atoms with van der Waals surface area (Å²) in [5.74, 6) is 0.495. The van der Waals surface area contributed by atoms with Gasteiger partial charge in [-0.3, -0.25) is 19.6 Å². The highest BCUT2D eigenvalue weighted by Gasteiger charge is 2.37. The Bertz CT molecular complexity index is 2220. The van der Waals surface area contributed by atoms with Crippen LogP contribution < -0.4 is 26.2 Å². The molecule has 2 N–H and O–H groups in total. The Morgan fingerprint density at radius 1 is 0.809 bits per heavy atom. The zero-order valence-corrected chi connectivity index (χ0v) is 24.3.